The monoisotopic (exact) mass is 444 g/mol. The average Bonchev–Trinajstić information content (AvgIpc) is 2.74. The number of hydrogen-bond donors (Lipinski definition) is 1. The number of nitrogens with zero attached hydrogens (tertiary/aromatic N) is 2. The largest absolute Gasteiger partial charge is 0.497 e. The summed E-state index contributed by atoms with van der Waals surface area (Å²) in [6.45, 7) is 8.57. The van der Waals surface area contributed by atoms with Gasteiger partial charge in [0.05, 0.1) is 19.3 Å². The molecule has 0 atom stereocenters. The van der Waals surface area contributed by atoms with Crippen molar-refractivity contribution in [2.75, 3.05) is 39.9 Å². The second-order valence-corrected chi connectivity index (χ2v) is 7.43. The highest BCUT2D eigenvalue weighted by Crippen LogP contribution is 2.31. The van der Waals surface area contributed by atoms with Crippen molar-refractivity contribution in [2.24, 2.45) is 0 Å². The van der Waals surface area contributed by atoms with E-state index in [9.17, 15) is 18.0 Å². The maximum absolute atomic E-state index is 11.7. The zero-order chi connectivity index (χ0) is 23.1. The lowest BCUT2D eigenvalue weighted by Crippen LogP contribution is -2.57. The van der Waals surface area contributed by atoms with Gasteiger partial charge in [-0.05, 0) is 36.6 Å². The molecule has 2 saturated heterocycles. The number of hydrogen-bond acceptors (Lipinski definition) is 5. The summed E-state index contributed by atoms with van der Waals surface area (Å²) in [5.41, 5.74) is 1.14. The molecule has 1 aromatic carbocycles. The van der Waals surface area contributed by atoms with Gasteiger partial charge in [0.1, 0.15) is 5.75 Å². The number of aliphatic carboxylic acids is 1. The molecule has 1 amide bonds. The lowest BCUT2D eigenvalue weighted by atomic mass is 9.89. The van der Waals surface area contributed by atoms with E-state index in [1.807, 2.05) is 17.0 Å². The van der Waals surface area contributed by atoms with E-state index in [0.29, 0.717) is 0 Å². The lowest BCUT2D eigenvalue weighted by Gasteiger charge is -2.47. The van der Waals surface area contributed by atoms with Gasteiger partial charge in [0.25, 0.3) is 0 Å². The highest BCUT2D eigenvalue weighted by atomic mass is 19.4. The smallest absolute Gasteiger partial charge is 0.490 e. The number of amides is 1. The molecule has 31 heavy (non-hydrogen) atoms. The molecule has 0 bridgehead atoms. The number of benzene rings is 1. The third kappa shape index (κ3) is 7.25. The molecule has 2 aliphatic rings. The van der Waals surface area contributed by atoms with Gasteiger partial charge in [0.15, 0.2) is 0 Å². The second-order valence-electron chi connectivity index (χ2n) is 7.43. The van der Waals surface area contributed by atoms with Crippen LogP contribution in [0.15, 0.2) is 36.9 Å². The summed E-state index contributed by atoms with van der Waals surface area (Å²) in [5, 5.41) is 7.12. The maximum Gasteiger partial charge on any atom is 0.490 e. The number of morpholine rings is 1. The van der Waals surface area contributed by atoms with Gasteiger partial charge in [-0.15, -0.1) is 0 Å². The Morgan fingerprint density at radius 2 is 1.94 bits per heavy atom. The minimum Gasteiger partial charge on any atom is -0.497 e. The van der Waals surface area contributed by atoms with Crippen LogP contribution in [0.5, 0.6) is 5.75 Å². The number of carbonyl (C=O) groups is 2. The van der Waals surface area contributed by atoms with Gasteiger partial charge in [-0.25, -0.2) is 4.79 Å². The van der Waals surface area contributed by atoms with Crippen LogP contribution in [0, 0.1) is 0 Å². The summed E-state index contributed by atoms with van der Waals surface area (Å²) in [6, 6.07) is 8.23. The third-order valence-corrected chi connectivity index (χ3v) is 5.27. The predicted octanol–water partition coefficient (Wildman–Crippen LogP) is 2.71. The first-order valence-corrected chi connectivity index (χ1v) is 9.79. The molecular weight excluding hydrogens is 417 g/mol. The molecule has 0 unspecified atom stereocenters. The molecule has 2 aliphatic heterocycles. The van der Waals surface area contributed by atoms with Crippen molar-refractivity contribution in [2.45, 2.75) is 31.2 Å². The van der Waals surface area contributed by atoms with Crippen LogP contribution in [-0.4, -0.2) is 78.5 Å². The van der Waals surface area contributed by atoms with Gasteiger partial charge in [-0.3, -0.25) is 9.69 Å². The molecule has 0 saturated carbocycles. The molecule has 10 heteroatoms. The van der Waals surface area contributed by atoms with Crippen LogP contribution in [0.4, 0.5) is 13.2 Å². The normalized spacial score (nSPS) is 18.6. The van der Waals surface area contributed by atoms with Gasteiger partial charge < -0.3 is 19.5 Å². The summed E-state index contributed by atoms with van der Waals surface area (Å²) in [5.74, 6) is -1.84. The molecular formula is C21H27F3N2O5. The molecule has 172 valence electrons. The number of methoxy groups -OCH3 is 1. The number of alkyl halides is 3. The van der Waals surface area contributed by atoms with E-state index in [1.54, 1.807) is 7.11 Å². The lowest BCUT2D eigenvalue weighted by molar-refractivity contribution is -0.192. The Bertz CT molecular complexity index is 777. The molecule has 1 N–H and O–H groups in total. The number of likely N-dealkylation sites (tertiary alicyclic amines) is 1. The summed E-state index contributed by atoms with van der Waals surface area (Å²) in [7, 11) is 1.70. The first-order valence-electron chi connectivity index (χ1n) is 9.79. The van der Waals surface area contributed by atoms with Gasteiger partial charge >= 0.3 is 12.1 Å². The first kappa shape index (κ1) is 24.7. The van der Waals surface area contributed by atoms with E-state index in [1.165, 1.54) is 11.6 Å². The van der Waals surface area contributed by atoms with Gasteiger partial charge in [-0.1, -0.05) is 18.7 Å². The van der Waals surface area contributed by atoms with Crippen molar-refractivity contribution in [3.05, 3.63) is 42.5 Å². The Labute approximate surface area is 179 Å². The molecule has 7 nitrogen and oxygen atoms in total. The Balaban J connectivity index is 0.000000423. The van der Waals surface area contributed by atoms with Crippen LogP contribution in [0.1, 0.15) is 18.4 Å². The van der Waals surface area contributed by atoms with Crippen LogP contribution in [0.3, 0.4) is 0 Å². The Hall–Kier alpha value is -2.59. The highest BCUT2D eigenvalue weighted by Gasteiger charge is 2.40. The molecule has 1 aromatic rings. The third-order valence-electron chi connectivity index (χ3n) is 5.27. The number of piperidine rings is 1. The SMILES string of the molecule is C=CC(=O)N1CCC2(CC1)CN(Cc1cccc(OC)c1)CCO2.O=C(O)C(F)(F)F. The highest BCUT2D eigenvalue weighted by molar-refractivity contribution is 5.87. The van der Waals surface area contributed by atoms with Crippen LogP contribution in [0.2, 0.25) is 0 Å². The minimum absolute atomic E-state index is 0.0221. The first-order chi connectivity index (χ1) is 14.6. The van der Waals surface area contributed by atoms with Gasteiger partial charge in [0, 0.05) is 32.7 Å². The zero-order valence-corrected chi connectivity index (χ0v) is 17.4. The van der Waals surface area contributed by atoms with E-state index in [2.05, 4.69) is 23.6 Å². The number of ether oxygens (including phenoxy) is 2. The fourth-order valence-electron chi connectivity index (χ4n) is 3.65. The van der Waals surface area contributed by atoms with Crippen LogP contribution in [-0.2, 0) is 20.9 Å². The van der Waals surface area contributed by atoms with Crippen molar-refractivity contribution < 1.29 is 37.3 Å². The van der Waals surface area contributed by atoms with Crippen molar-refractivity contribution in [1.82, 2.24) is 9.80 Å². The molecule has 0 aliphatic carbocycles. The average molecular weight is 444 g/mol. The zero-order valence-electron chi connectivity index (χ0n) is 17.4. The van der Waals surface area contributed by atoms with Crippen LogP contribution < -0.4 is 4.74 Å². The van der Waals surface area contributed by atoms with Crippen molar-refractivity contribution in [3.8, 4) is 5.75 Å². The fourth-order valence-corrected chi connectivity index (χ4v) is 3.65. The number of rotatable bonds is 4. The van der Waals surface area contributed by atoms with Crippen molar-refractivity contribution >= 4 is 11.9 Å². The fraction of sp³-hybridized carbons (Fsp3) is 0.524. The molecule has 2 heterocycles. The Morgan fingerprint density at radius 3 is 2.48 bits per heavy atom. The summed E-state index contributed by atoms with van der Waals surface area (Å²) in [4.78, 5) is 25.0. The topological polar surface area (TPSA) is 79.3 Å². The van der Waals surface area contributed by atoms with Crippen LogP contribution in [0.25, 0.3) is 0 Å². The van der Waals surface area contributed by atoms with Crippen molar-refractivity contribution in [1.29, 1.82) is 0 Å². The van der Waals surface area contributed by atoms with Gasteiger partial charge in [-0.2, -0.15) is 13.2 Å². The predicted molar refractivity (Wildman–Crippen MR) is 107 cm³/mol. The summed E-state index contributed by atoms with van der Waals surface area (Å²) >= 11 is 0. The molecule has 1 spiro atoms. The van der Waals surface area contributed by atoms with E-state index in [4.69, 9.17) is 19.4 Å². The van der Waals surface area contributed by atoms with E-state index in [0.717, 1.165) is 57.9 Å². The van der Waals surface area contributed by atoms with E-state index in [-0.39, 0.29) is 11.5 Å². The van der Waals surface area contributed by atoms with Crippen LogP contribution >= 0.6 is 0 Å². The standard InChI is InChI=1S/C19H26N2O3.C2HF3O2/c1-3-18(22)21-9-7-19(8-10-21)15-20(11-12-24-19)14-16-5-4-6-17(13-16)23-2;3-2(4,5)1(6)7/h3-6,13H,1,7-12,14-15H2,2H3;(H,6,7). The van der Waals surface area contributed by atoms with E-state index >= 15 is 0 Å². The molecule has 0 aromatic heterocycles. The summed E-state index contributed by atoms with van der Waals surface area (Å²) in [6.07, 6.45) is -1.91. The molecule has 3 rings (SSSR count). The minimum atomic E-state index is -5.08. The van der Waals surface area contributed by atoms with Gasteiger partial charge in [0.2, 0.25) is 5.91 Å². The Morgan fingerprint density at radius 1 is 1.29 bits per heavy atom. The quantitative estimate of drug-likeness (QED) is 0.720. The number of carboxylic acid groups (broad SMARTS) is 1. The van der Waals surface area contributed by atoms with E-state index < -0.39 is 12.1 Å². The summed E-state index contributed by atoms with van der Waals surface area (Å²) < 4.78 is 43.2. The number of halogens is 3. The molecule has 0 radical (unpaired) electrons. The second kappa shape index (κ2) is 10.6. The number of carboxylic acids is 1. The Kier molecular flexibility index (Phi) is 8.46. The molecule has 2 fully saturated rings. The maximum atomic E-state index is 11.7. The number of carbonyl (C=O) groups excluding carboxylic acids is 1. The van der Waals surface area contributed by atoms with Crippen molar-refractivity contribution in [3.63, 3.8) is 0 Å².